The lowest BCUT2D eigenvalue weighted by Gasteiger charge is -2.11. The Morgan fingerprint density at radius 2 is 1.76 bits per heavy atom. The largest absolute Gasteiger partial charge is 0.326 e. The number of fused-ring (bicyclic) bond motifs is 1. The smallest absolute Gasteiger partial charge is 0.224 e. The maximum absolute atomic E-state index is 12.3. The van der Waals surface area contributed by atoms with E-state index in [-0.39, 0.29) is 5.91 Å². The van der Waals surface area contributed by atoms with Crippen LogP contribution in [0.25, 0.3) is 11.0 Å². The number of hydrogen-bond donors (Lipinski definition) is 1. The molecule has 1 amide bonds. The number of anilines is 1. The van der Waals surface area contributed by atoms with Crippen molar-refractivity contribution in [3.05, 3.63) is 52.3 Å². The Labute approximate surface area is 148 Å². The number of nitrogens with one attached hydrogen (secondary N) is 1. The van der Waals surface area contributed by atoms with Crippen LogP contribution in [0.5, 0.6) is 0 Å². The van der Waals surface area contributed by atoms with E-state index in [1.54, 1.807) is 0 Å². The van der Waals surface area contributed by atoms with Crippen LogP contribution in [0.15, 0.2) is 24.3 Å². The average molecular weight is 336 g/mol. The second kappa shape index (κ2) is 6.67. The van der Waals surface area contributed by atoms with Crippen LogP contribution >= 0.6 is 0 Å². The third kappa shape index (κ3) is 3.40. The number of hydrogen-bond acceptors (Lipinski definition) is 3. The van der Waals surface area contributed by atoms with Crippen LogP contribution in [0.3, 0.4) is 0 Å². The summed E-state index contributed by atoms with van der Waals surface area (Å²) in [6, 6.07) is 7.84. The molecule has 0 aliphatic carbocycles. The Bertz CT molecular complexity index is 939. The number of benzene rings is 1. The molecule has 0 radical (unpaired) electrons. The van der Waals surface area contributed by atoms with Gasteiger partial charge in [0.2, 0.25) is 5.91 Å². The number of carbonyl (C=O) groups excluding carboxylic acids is 1. The molecule has 130 valence electrons. The van der Waals surface area contributed by atoms with Crippen LogP contribution in [0.4, 0.5) is 5.69 Å². The normalized spacial score (nSPS) is 11.1. The Morgan fingerprint density at radius 3 is 2.44 bits per heavy atom. The predicted octanol–water partition coefficient (Wildman–Crippen LogP) is 3.77. The summed E-state index contributed by atoms with van der Waals surface area (Å²) in [7, 11) is 1.91. The monoisotopic (exact) mass is 336 g/mol. The fourth-order valence-corrected chi connectivity index (χ4v) is 3.33. The molecule has 0 saturated carbocycles. The molecular weight excluding hydrogens is 312 g/mol. The Kier molecular flexibility index (Phi) is 4.57. The molecule has 3 rings (SSSR count). The number of amides is 1. The third-order valence-corrected chi connectivity index (χ3v) is 4.67. The van der Waals surface area contributed by atoms with Crippen molar-refractivity contribution in [3.8, 4) is 0 Å². The van der Waals surface area contributed by atoms with Gasteiger partial charge in [0, 0.05) is 30.2 Å². The third-order valence-electron chi connectivity index (χ3n) is 4.67. The summed E-state index contributed by atoms with van der Waals surface area (Å²) >= 11 is 0. The highest BCUT2D eigenvalue weighted by Crippen LogP contribution is 2.26. The minimum absolute atomic E-state index is 0.0191. The first-order valence-corrected chi connectivity index (χ1v) is 8.52. The van der Waals surface area contributed by atoms with Crippen molar-refractivity contribution in [1.29, 1.82) is 0 Å². The lowest BCUT2D eigenvalue weighted by Crippen LogP contribution is -2.13. The van der Waals surface area contributed by atoms with Gasteiger partial charge in [-0.15, -0.1) is 0 Å². The van der Waals surface area contributed by atoms with Gasteiger partial charge in [0.15, 0.2) is 5.65 Å². The summed E-state index contributed by atoms with van der Waals surface area (Å²) in [6.07, 6.45) is 1.11. The molecule has 0 saturated heterocycles. The van der Waals surface area contributed by atoms with Crippen LogP contribution in [0.2, 0.25) is 0 Å². The molecule has 0 bridgehead atoms. The molecule has 0 spiro atoms. The summed E-state index contributed by atoms with van der Waals surface area (Å²) in [5.41, 5.74) is 7.18. The quantitative estimate of drug-likeness (QED) is 0.789. The van der Waals surface area contributed by atoms with Gasteiger partial charge < -0.3 is 5.32 Å². The first-order valence-electron chi connectivity index (χ1n) is 8.52. The van der Waals surface area contributed by atoms with Crippen molar-refractivity contribution in [2.45, 2.75) is 40.5 Å². The molecule has 0 unspecified atom stereocenters. The van der Waals surface area contributed by atoms with Crippen LogP contribution in [-0.4, -0.2) is 20.7 Å². The van der Waals surface area contributed by atoms with E-state index < -0.39 is 0 Å². The highest BCUT2D eigenvalue weighted by Gasteiger charge is 2.16. The van der Waals surface area contributed by atoms with Crippen molar-refractivity contribution < 1.29 is 4.79 Å². The van der Waals surface area contributed by atoms with E-state index in [0.717, 1.165) is 33.7 Å². The maximum atomic E-state index is 12.3. The first kappa shape index (κ1) is 17.1. The molecule has 0 aliphatic rings. The summed E-state index contributed by atoms with van der Waals surface area (Å²) < 4.78 is 1.82. The standard InChI is InChI=1S/C20H24N4O/c1-12-6-8-16(9-7-12)22-18(25)11-10-17-13(2)19-15(4)23-24(5)20(19)21-14(17)3/h6-9H,10-11H2,1-5H3,(H,22,25). The molecule has 0 aliphatic heterocycles. The lowest BCUT2D eigenvalue weighted by atomic mass is 9.99. The molecule has 1 aromatic carbocycles. The van der Waals surface area contributed by atoms with E-state index in [1.165, 1.54) is 11.1 Å². The average Bonchev–Trinajstić information content (AvgIpc) is 2.83. The van der Waals surface area contributed by atoms with Crippen LogP contribution < -0.4 is 5.32 Å². The fourth-order valence-electron chi connectivity index (χ4n) is 3.33. The van der Waals surface area contributed by atoms with E-state index in [0.29, 0.717) is 12.8 Å². The molecule has 2 heterocycles. The molecule has 1 N–H and O–H groups in total. The van der Waals surface area contributed by atoms with Gasteiger partial charge in [-0.3, -0.25) is 9.48 Å². The zero-order valence-corrected chi connectivity index (χ0v) is 15.5. The Balaban J connectivity index is 1.77. The number of aromatic nitrogens is 3. The van der Waals surface area contributed by atoms with Gasteiger partial charge in [-0.25, -0.2) is 4.98 Å². The van der Waals surface area contributed by atoms with Gasteiger partial charge in [-0.05, 0) is 57.4 Å². The van der Waals surface area contributed by atoms with Gasteiger partial charge in [0.1, 0.15) is 0 Å². The molecule has 3 aromatic rings. The van der Waals surface area contributed by atoms with Crippen molar-refractivity contribution in [3.63, 3.8) is 0 Å². The summed E-state index contributed by atoms with van der Waals surface area (Å²) in [5.74, 6) is 0.0191. The molecule has 5 heteroatoms. The zero-order chi connectivity index (χ0) is 18.1. The molecular formula is C20H24N4O. The highest BCUT2D eigenvalue weighted by atomic mass is 16.1. The molecule has 0 atom stereocenters. The van der Waals surface area contributed by atoms with Crippen LogP contribution in [-0.2, 0) is 18.3 Å². The molecule has 5 nitrogen and oxygen atoms in total. The van der Waals surface area contributed by atoms with Gasteiger partial charge in [-0.1, -0.05) is 17.7 Å². The number of nitrogens with zero attached hydrogens (tertiary/aromatic N) is 3. The first-order chi connectivity index (χ1) is 11.9. The Morgan fingerprint density at radius 1 is 1.08 bits per heavy atom. The van der Waals surface area contributed by atoms with Crippen molar-refractivity contribution in [2.24, 2.45) is 7.05 Å². The van der Waals surface area contributed by atoms with E-state index in [4.69, 9.17) is 4.98 Å². The lowest BCUT2D eigenvalue weighted by molar-refractivity contribution is -0.116. The fraction of sp³-hybridized carbons (Fsp3) is 0.350. The SMILES string of the molecule is Cc1ccc(NC(=O)CCc2c(C)nc3c(c(C)nn3C)c2C)cc1. The number of carbonyl (C=O) groups is 1. The minimum Gasteiger partial charge on any atom is -0.326 e. The second-order valence-electron chi connectivity index (χ2n) is 6.62. The summed E-state index contributed by atoms with van der Waals surface area (Å²) in [4.78, 5) is 17.0. The van der Waals surface area contributed by atoms with Gasteiger partial charge in [0.25, 0.3) is 0 Å². The summed E-state index contributed by atoms with van der Waals surface area (Å²) in [5, 5.41) is 8.52. The van der Waals surface area contributed by atoms with Crippen molar-refractivity contribution in [2.75, 3.05) is 5.32 Å². The minimum atomic E-state index is 0.0191. The molecule has 2 aromatic heterocycles. The highest BCUT2D eigenvalue weighted by molar-refractivity contribution is 5.91. The molecule has 25 heavy (non-hydrogen) atoms. The topological polar surface area (TPSA) is 59.8 Å². The number of pyridine rings is 1. The second-order valence-corrected chi connectivity index (χ2v) is 6.62. The van der Waals surface area contributed by atoms with E-state index >= 15 is 0 Å². The van der Waals surface area contributed by atoms with Gasteiger partial charge >= 0.3 is 0 Å². The number of aryl methyl sites for hydroxylation is 5. The van der Waals surface area contributed by atoms with Gasteiger partial charge in [0.05, 0.1) is 5.69 Å². The van der Waals surface area contributed by atoms with Crippen LogP contribution in [0.1, 0.15) is 34.5 Å². The zero-order valence-electron chi connectivity index (χ0n) is 15.5. The van der Waals surface area contributed by atoms with Gasteiger partial charge in [-0.2, -0.15) is 5.10 Å². The van der Waals surface area contributed by atoms with E-state index in [2.05, 4.69) is 17.3 Å². The number of rotatable bonds is 4. The van der Waals surface area contributed by atoms with Crippen molar-refractivity contribution in [1.82, 2.24) is 14.8 Å². The Hall–Kier alpha value is -2.69. The maximum Gasteiger partial charge on any atom is 0.224 e. The van der Waals surface area contributed by atoms with Crippen molar-refractivity contribution >= 4 is 22.6 Å². The predicted molar refractivity (Wildman–Crippen MR) is 101 cm³/mol. The van der Waals surface area contributed by atoms with E-state index in [1.807, 2.05) is 56.8 Å². The van der Waals surface area contributed by atoms with Crippen LogP contribution in [0, 0.1) is 27.7 Å². The molecule has 0 fully saturated rings. The summed E-state index contributed by atoms with van der Waals surface area (Å²) in [6.45, 7) is 8.13. The van der Waals surface area contributed by atoms with E-state index in [9.17, 15) is 4.79 Å².